The highest BCUT2D eigenvalue weighted by Gasteiger charge is 2.20. The van der Waals surface area contributed by atoms with Crippen LogP contribution in [0.1, 0.15) is 31.4 Å². The number of furan rings is 1. The molecule has 0 amide bonds. The van der Waals surface area contributed by atoms with Crippen molar-refractivity contribution in [2.45, 2.75) is 0 Å². The number of hydrogen-bond donors (Lipinski definition) is 0. The molecule has 3 aromatic rings. The van der Waals surface area contributed by atoms with E-state index in [4.69, 9.17) is 4.42 Å². The molecule has 0 saturated carbocycles. The van der Waals surface area contributed by atoms with Gasteiger partial charge in [-0.05, 0) is 23.6 Å². The van der Waals surface area contributed by atoms with Gasteiger partial charge < -0.3 is 4.42 Å². The molecule has 2 aromatic heterocycles. The van der Waals surface area contributed by atoms with Crippen molar-refractivity contribution >= 4 is 22.9 Å². The van der Waals surface area contributed by atoms with Crippen LogP contribution in [0.15, 0.2) is 64.6 Å². The fourth-order valence-corrected chi connectivity index (χ4v) is 2.64. The summed E-state index contributed by atoms with van der Waals surface area (Å²) in [6, 6.07) is 13.6. The lowest BCUT2D eigenvalue weighted by atomic mass is 9.98. The number of hydrogen-bond acceptors (Lipinski definition) is 4. The Morgan fingerprint density at radius 2 is 1.60 bits per heavy atom. The maximum absolute atomic E-state index is 12.4. The molecule has 0 unspecified atom stereocenters. The summed E-state index contributed by atoms with van der Waals surface area (Å²) in [5.41, 5.74) is 0.761. The van der Waals surface area contributed by atoms with Crippen LogP contribution in [0.3, 0.4) is 0 Å². The van der Waals surface area contributed by atoms with Crippen LogP contribution in [-0.2, 0) is 0 Å². The monoisotopic (exact) mass is 282 g/mol. The molecule has 0 spiro atoms. The van der Waals surface area contributed by atoms with Gasteiger partial charge in [-0.2, -0.15) is 0 Å². The summed E-state index contributed by atoms with van der Waals surface area (Å²) in [5.74, 6) is -0.192. The quantitative estimate of drug-likeness (QED) is 0.684. The van der Waals surface area contributed by atoms with Gasteiger partial charge in [-0.25, -0.2) is 0 Å². The first-order chi connectivity index (χ1) is 9.77. The average molecular weight is 282 g/mol. The Kier molecular flexibility index (Phi) is 3.31. The number of carbonyl (C=O) groups excluding carboxylic acids is 2. The first-order valence-corrected chi connectivity index (χ1v) is 6.91. The highest BCUT2D eigenvalue weighted by atomic mass is 32.1. The highest BCUT2D eigenvalue weighted by Crippen LogP contribution is 2.20. The lowest BCUT2D eigenvalue weighted by Crippen LogP contribution is -2.09. The maximum atomic E-state index is 12.4. The Balaban J connectivity index is 2.05. The van der Waals surface area contributed by atoms with E-state index in [-0.39, 0.29) is 17.3 Å². The van der Waals surface area contributed by atoms with Gasteiger partial charge >= 0.3 is 0 Å². The van der Waals surface area contributed by atoms with E-state index >= 15 is 0 Å². The number of carbonyl (C=O) groups is 2. The second-order valence-electron chi connectivity index (χ2n) is 4.16. The van der Waals surface area contributed by atoms with Gasteiger partial charge in [0.25, 0.3) is 0 Å². The smallest absolute Gasteiger partial charge is 0.228 e. The van der Waals surface area contributed by atoms with Gasteiger partial charge in [0, 0.05) is 11.1 Å². The van der Waals surface area contributed by atoms with Crippen LogP contribution in [0.2, 0.25) is 0 Å². The molecule has 0 radical (unpaired) electrons. The van der Waals surface area contributed by atoms with Gasteiger partial charge in [-0.1, -0.05) is 30.3 Å². The lowest BCUT2D eigenvalue weighted by Gasteiger charge is -2.05. The fraction of sp³-hybridized carbons (Fsp3) is 0. The molecule has 1 aromatic carbocycles. The van der Waals surface area contributed by atoms with Crippen molar-refractivity contribution in [1.29, 1.82) is 0 Å². The molecule has 0 aliphatic heterocycles. The number of thiophene rings is 1. The van der Waals surface area contributed by atoms with Gasteiger partial charge in [-0.3, -0.25) is 9.59 Å². The van der Waals surface area contributed by atoms with E-state index in [9.17, 15) is 9.59 Å². The minimum atomic E-state index is -0.282. The van der Waals surface area contributed by atoms with Crippen LogP contribution in [-0.4, -0.2) is 11.6 Å². The lowest BCUT2D eigenvalue weighted by molar-refractivity contribution is 0.0989. The van der Waals surface area contributed by atoms with Crippen LogP contribution in [0.25, 0.3) is 0 Å². The summed E-state index contributed by atoms with van der Waals surface area (Å²) >= 11 is 1.36. The molecular weight excluding hydrogens is 272 g/mol. The molecule has 0 fully saturated rings. The van der Waals surface area contributed by atoms with Crippen molar-refractivity contribution in [3.63, 3.8) is 0 Å². The average Bonchev–Trinajstić information content (AvgIpc) is 3.18. The molecule has 20 heavy (non-hydrogen) atoms. The molecule has 2 heterocycles. The Hall–Kier alpha value is -2.46. The van der Waals surface area contributed by atoms with Crippen LogP contribution in [0.4, 0.5) is 0 Å². The Bertz CT molecular complexity index is 675. The number of benzene rings is 1. The van der Waals surface area contributed by atoms with Crippen molar-refractivity contribution < 1.29 is 14.0 Å². The number of ketones is 2. The fourth-order valence-electron chi connectivity index (χ4n) is 1.96. The normalized spacial score (nSPS) is 10.4. The molecule has 0 aliphatic carbocycles. The van der Waals surface area contributed by atoms with Crippen molar-refractivity contribution in [2.24, 2.45) is 0 Å². The van der Waals surface area contributed by atoms with Gasteiger partial charge in [0.15, 0.2) is 5.76 Å². The molecule has 3 rings (SSSR count). The highest BCUT2D eigenvalue weighted by molar-refractivity contribution is 7.12. The first-order valence-electron chi connectivity index (χ1n) is 6.03. The minimum Gasteiger partial charge on any atom is -0.461 e. The minimum absolute atomic E-state index is 0.143. The second kappa shape index (κ2) is 5.27. The van der Waals surface area contributed by atoms with Crippen molar-refractivity contribution in [3.05, 3.63) is 81.9 Å². The zero-order valence-corrected chi connectivity index (χ0v) is 11.2. The summed E-state index contributed by atoms with van der Waals surface area (Å²) in [4.78, 5) is 25.4. The van der Waals surface area contributed by atoms with E-state index in [1.807, 2.05) is 11.4 Å². The predicted molar refractivity (Wildman–Crippen MR) is 76.3 cm³/mol. The second-order valence-corrected chi connectivity index (χ2v) is 5.11. The van der Waals surface area contributed by atoms with Gasteiger partial charge in [-0.15, -0.1) is 11.3 Å². The summed E-state index contributed by atoms with van der Waals surface area (Å²) in [5, 5.41) is 1.84. The van der Waals surface area contributed by atoms with E-state index in [1.165, 1.54) is 17.6 Å². The first kappa shape index (κ1) is 12.6. The van der Waals surface area contributed by atoms with Crippen LogP contribution < -0.4 is 0 Å². The Labute approximate surface area is 119 Å². The predicted octanol–water partition coefficient (Wildman–Crippen LogP) is 3.80. The molecule has 98 valence electrons. The zero-order valence-electron chi connectivity index (χ0n) is 10.4. The molecule has 3 nitrogen and oxygen atoms in total. The standard InChI is InChI=1S/C16H10O3S/c17-15(13-7-3-9-19-13)11-5-1-2-6-12(11)16(18)14-8-4-10-20-14/h1-10H. The van der Waals surface area contributed by atoms with E-state index in [2.05, 4.69) is 0 Å². The van der Waals surface area contributed by atoms with E-state index in [0.717, 1.165) is 0 Å². The van der Waals surface area contributed by atoms with Crippen molar-refractivity contribution in [1.82, 2.24) is 0 Å². The Morgan fingerprint density at radius 1 is 0.850 bits per heavy atom. The summed E-state index contributed by atoms with van der Waals surface area (Å²) in [6.07, 6.45) is 1.44. The SMILES string of the molecule is O=C(c1ccco1)c1ccccc1C(=O)c1cccs1. The molecule has 0 bridgehead atoms. The van der Waals surface area contributed by atoms with Gasteiger partial charge in [0.05, 0.1) is 11.1 Å². The van der Waals surface area contributed by atoms with E-state index < -0.39 is 0 Å². The Morgan fingerprint density at radius 3 is 2.20 bits per heavy atom. The zero-order chi connectivity index (χ0) is 13.9. The van der Waals surface area contributed by atoms with Gasteiger partial charge in [0.2, 0.25) is 11.6 Å². The third-order valence-corrected chi connectivity index (χ3v) is 3.77. The molecule has 0 saturated heterocycles. The molecule has 0 atom stereocenters. The number of rotatable bonds is 4. The van der Waals surface area contributed by atoms with Crippen LogP contribution in [0, 0.1) is 0 Å². The summed E-state index contributed by atoms with van der Waals surface area (Å²) < 4.78 is 5.12. The maximum Gasteiger partial charge on any atom is 0.228 e. The molecule has 4 heteroatoms. The molecule has 0 N–H and O–H groups in total. The van der Waals surface area contributed by atoms with Crippen LogP contribution >= 0.6 is 11.3 Å². The third-order valence-electron chi connectivity index (χ3n) is 2.91. The van der Waals surface area contributed by atoms with E-state index in [0.29, 0.717) is 16.0 Å². The summed E-state index contributed by atoms with van der Waals surface area (Å²) in [6.45, 7) is 0. The van der Waals surface area contributed by atoms with Crippen molar-refractivity contribution in [2.75, 3.05) is 0 Å². The van der Waals surface area contributed by atoms with Crippen LogP contribution in [0.5, 0.6) is 0 Å². The largest absolute Gasteiger partial charge is 0.461 e. The van der Waals surface area contributed by atoms with Gasteiger partial charge in [0.1, 0.15) is 0 Å². The topological polar surface area (TPSA) is 47.3 Å². The van der Waals surface area contributed by atoms with Crippen molar-refractivity contribution in [3.8, 4) is 0 Å². The molecular formula is C16H10O3S. The summed E-state index contributed by atoms with van der Waals surface area (Å²) in [7, 11) is 0. The van der Waals surface area contributed by atoms with E-state index in [1.54, 1.807) is 42.5 Å². The molecule has 0 aliphatic rings. The third kappa shape index (κ3) is 2.21.